The molecule has 3 rings (SSSR count). The first-order valence-corrected chi connectivity index (χ1v) is 11.2. The van der Waals surface area contributed by atoms with Gasteiger partial charge in [0.15, 0.2) is 0 Å². The summed E-state index contributed by atoms with van der Waals surface area (Å²) in [7, 11) is -0.533. The maximum atomic E-state index is 12.5. The Bertz CT molecular complexity index is 1130. The van der Waals surface area contributed by atoms with Gasteiger partial charge in [-0.2, -0.15) is 0 Å². The zero-order valence-electron chi connectivity index (χ0n) is 18.0. The van der Waals surface area contributed by atoms with Crippen LogP contribution in [0.4, 0.5) is 0 Å². The van der Waals surface area contributed by atoms with Gasteiger partial charge in [0.1, 0.15) is 24.7 Å². The number of carbonyl (C=O) groups excluding carboxylic acids is 1. The van der Waals surface area contributed by atoms with Crippen LogP contribution in [-0.4, -0.2) is 50.6 Å². The smallest absolute Gasteiger partial charge is 0.340 e. The molecule has 166 valence electrons. The summed E-state index contributed by atoms with van der Waals surface area (Å²) >= 11 is 0. The van der Waals surface area contributed by atoms with Crippen molar-refractivity contribution in [2.75, 3.05) is 27.3 Å². The number of aromatic nitrogens is 1. The molecule has 2 aromatic heterocycles. The average Bonchev–Trinajstić information content (AvgIpc) is 3.35. The summed E-state index contributed by atoms with van der Waals surface area (Å²) in [5, 5.41) is 0. The van der Waals surface area contributed by atoms with E-state index in [0.717, 1.165) is 21.5 Å². The number of sulfonamides is 1. The quantitative estimate of drug-likeness (QED) is 0.370. The fourth-order valence-corrected chi connectivity index (χ4v) is 4.00. The molecule has 2 heterocycles. The zero-order chi connectivity index (χ0) is 22.6. The number of esters is 1. The third-order valence-electron chi connectivity index (χ3n) is 4.88. The Hall–Kier alpha value is -3.04. The van der Waals surface area contributed by atoms with E-state index in [9.17, 15) is 13.2 Å². The molecule has 0 N–H and O–H groups in total. The number of nitrogens with zero attached hydrogens (tertiary/aromatic N) is 2. The third-order valence-corrected chi connectivity index (χ3v) is 6.70. The molecule has 8 nitrogen and oxygen atoms in total. The van der Waals surface area contributed by atoms with E-state index >= 15 is 0 Å². The van der Waals surface area contributed by atoms with Crippen molar-refractivity contribution < 1.29 is 27.1 Å². The lowest BCUT2D eigenvalue weighted by atomic mass is 10.2. The van der Waals surface area contributed by atoms with Gasteiger partial charge < -0.3 is 18.5 Å². The van der Waals surface area contributed by atoms with Crippen molar-refractivity contribution in [3.05, 3.63) is 71.4 Å². The molecule has 0 unspecified atom stereocenters. The van der Waals surface area contributed by atoms with E-state index in [1.807, 2.05) is 30.5 Å². The fourth-order valence-electron chi connectivity index (χ4n) is 3.10. The lowest BCUT2D eigenvalue weighted by Crippen LogP contribution is -2.22. The molecule has 0 aliphatic rings. The average molecular weight is 447 g/mol. The van der Waals surface area contributed by atoms with Crippen molar-refractivity contribution in [1.82, 2.24) is 8.87 Å². The molecule has 3 aromatic rings. The maximum absolute atomic E-state index is 12.5. The highest BCUT2D eigenvalue weighted by atomic mass is 32.2. The predicted molar refractivity (Wildman–Crippen MR) is 115 cm³/mol. The van der Waals surface area contributed by atoms with Crippen LogP contribution in [0.5, 0.6) is 5.75 Å². The van der Waals surface area contributed by atoms with Crippen LogP contribution in [0.1, 0.15) is 27.5 Å². The Morgan fingerprint density at radius 2 is 1.81 bits per heavy atom. The van der Waals surface area contributed by atoms with Crippen LogP contribution in [0.2, 0.25) is 0 Å². The van der Waals surface area contributed by atoms with E-state index in [4.69, 9.17) is 13.9 Å². The highest BCUT2D eigenvalue weighted by molar-refractivity contribution is 7.89. The zero-order valence-corrected chi connectivity index (χ0v) is 18.8. The van der Waals surface area contributed by atoms with Gasteiger partial charge in [-0.3, -0.25) is 0 Å². The fraction of sp³-hybridized carbons (Fsp3) is 0.318. The summed E-state index contributed by atoms with van der Waals surface area (Å²) in [4.78, 5) is 12.7. The van der Waals surface area contributed by atoms with Crippen molar-refractivity contribution in [2.45, 2.75) is 25.3 Å². The number of benzene rings is 1. The molecule has 0 bridgehead atoms. The van der Waals surface area contributed by atoms with Crippen LogP contribution < -0.4 is 4.74 Å². The van der Waals surface area contributed by atoms with Gasteiger partial charge in [-0.05, 0) is 56.3 Å². The lowest BCUT2D eigenvalue weighted by molar-refractivity contribution is 0.0449. The minimum absolute atomic E-state index is 0.0679. The van der Waals surface area contributed by atoms with Crippen LogP contribution in [-0.2, 0) is 21.3 Å². The van der Waals surface area contributed by atoms with Gasteiger partial charge in [-0.15, -0.1) is 0 Å². The third kappa shape index (κ3) is 5.18. The first-order valence-electron chi connectivity index (χ1n) is 9.72. The van der Waals surface area contributed by atoms with Crippen LogP contribution in [0, 0.1) is 13.8 Å². The number of furan rings is 1. The molecular weight excluding hydrogens is 420 g/mol. The second-order valence-electron chi connectivity index (χ2n) is 7.19. The van der Waals surface area contributed by atoms with E-state index in [1.165, 1.54) is 26.2 Å². The summed E-state index contributed by atoms with van der Waals surface area (Å²) in [6.07, 6.45) is 1.62. The molecule has 0 aliphatic carbocycles. The monoisotopic (exact) mass is 446 g/mol. The maximum Gasteiger partial charge on any atom is 0.340 e. The van der Waals surface area contributed by atoms with Crippen LogP contribution in [0.3, 0.4) is 0 Å². The van der Waals surface area contributed by atoms with Crippen molar-refractivity contribution >= 4 is 16.0 Å². The molecule has 0 spiro atoms. The van der Waals surface area contributed by atoms with E-state index in [-0.39, 0.29) is 18.1 Å². The van der Waals surface area contributed by atoms with Crippen molar-refractivity contribution in [3.8, 4) is 5.75 Å². The van der Waals surface area contributed by atoms with Gasteiger partial charge in [0.25, 0.3) is 0 Å². The first kappa shape index (κ1) is 22.6. The summed E-state index contributed by atoms with van der Waals surface area (Å²) < 4.78 is 43.6. The molecule has 0 saturated carbocycles. The molecule has 0 saturated heterocycles. The molecule has 9 heteroatoms. The van der Waals surface area contributed by atoms with Gasteiger partial charge in [-0.25, -0.2) is 17.5 Å². The number of hydrogen-bond acceptors (Lipinski definition) is 6. The Morgan fingerprint density at radius 1 is 1.10 bits per heavy atom. The van der Waals surface area contributed by atoms with Gasteiger partial charge in [-0.1, -0.05) is 0 Å². The number of aryl methyl sites for hydroxylation is 1. The van der Waals surface area contributed by atoms with Gasteiger partial charge >= 0.3 is 5.97 Å². The lowest BCUT2D eigenvalue weighted by Gasteiger charge is -2.12. The number of ether oxygens (including phenoxy) is 2. The largest absolute Gasteiger partial charge is 0.490 e. The number of hydrogen-bond donors (Lipinski definition) is 0. The summed E-state index contributed by atoms with van der Waals surface area (Å²) in [6, 6.07) is 11.6. The first-order chi connectivity index (χ1) is 14.7. The summed E-state index contributed by atoms with van der Waals surface area (Å²) in [5.74, 6) is 0.875. The Labute approximate surface area is 182 Å². The predicted octanol–water partition coefficient (Wildman–Crippen LogP) is 3.23. The number of rotatable bonds is 9. The summed E-state index contributed by atoms with van der Waals surface area (Å²) in [5.41, 5.74) is 2.24. The van der Waals surface area contributed by atoms with E-state index in [0.29, 0.717) is 17.9 Å². The Kier molecular flexibility index (Phi) is 6.87. The van der Waals surface area contributed by atoms with Gasteiger partial charge in [0.2, 0.25) is 10.0 Å². The van der Waals surface area contributed by atoms with Crippen LogP contribution in [0.15, 0.2) is 58.0 Å². The van der Waals surface area contributed by atoms with Gasteiger partial charge in [0, 0.05) is 25.5 Å². The molecule has 0 amide bonds. The molecule has 31 heavy (non-hydrogen) atoms. The minimum atomic E-state index is -3.48. The van der Waals surface area contributed by atoms with Crippen LogP contribution >= 0.6 is 0 Å². The molecule has 0 radical (unpaired) electrons. The minimum Gasteiger partial charge on any atom is -0.490 e. The second-order valence-corrected chi connectivity index (χ2v) is 9.35. The van der Waals surface area contributed by atoms with Crippen LogP contribution in [0.25, 0.3) is 0 Å². The van der Waals surface area contributed by atoms with Crippen molar-refractivity contribution in [1.29, 1.82) is 0 Å². The van der Waals surface area contributed by atoms with Crippen molar-refractivity contribution in [3.63, 3.8) is 0 Å². The van der Waals surface area contributed by atoms with E-state index in [1.54, 1.807) is 24.5 Å². The highest BCUT2D eigenvalue weighted by Gasteiger charge is 2.18. The highest BCUT2D eigenvalue weighted by Crippen LogP contribution is 2.19. The second kappa shape index (κ2) is 9.40. The van der Waals surface area contributed by atoms with E-state index < -0.39 is 16.0 Å². The Balaban J connectivity index is 1.53. The van der Waals surface area contributed by atoms with Crippen molar-refractivity contribution in [2.24, 2.45) is 0 Å². The molecule has 1 aromatic carbocycles. The molecule has 0 fully saturated rings. The number of carbonyl (C=O) groups is 1. The molecular formula is C22H26N2O6S. The van der Waals surface area contributed by atoms with Gasteiger partial charge in [0.05, 0.1) is 23.3 Å². The SMILES string of the molecule is Cc1cc(C(=O)OCCOc2ccc(S(=O)(=O)N(C)C)cc2)c(C)n1Cc1ccco1. The normalized spacial score (nSPS) is 11.6. The topological polar surface area (TPSA) is 91.0 Å². The standard InChI is InChI=1S/C22H26N2O6S/c1-16-14-21(17(2)24(16)15-19-6-5-11-28-19)22(25)30-13-12-29-18-7-9-20(10-8-18)31(26,27)23(3)4/h5-11,14H,12-13,15H2,1-4H3. The Morgan fingerprint density at radius 3 is 2.42 bits per heavy atom. The van der Waals surface area contributed by atoms with E-state index in [2.05, 4.69) is 0 Å². The summed E-state index contributed by atoms with van der Waals surface area (Å²) in [6.45, 7) is 4.55. The molecule has 0 aliphatic heterocycles. The molecule has 0 atom stereocenters.